The SMILES string of the molecule is C=C(C)/N=C(\CC)NCCCN(C(=O)OC(C)(C)C)C(CC=N)NC. The molecule has 0 radical (unpaired) electrons. The van der Waals surface area contributed by atoms with Gasteiger partial charge in [-0.2, -0.15) is 0 Å². The maximum atomic E-state index is 12.5. The monoisotopic (exact) mass is 353 g/mol. The normalized spacial score (nSPS) is 13.1. The molecule has 0 aliphatic heterocycles. The topological polar surface area (TPSA) is 89.8 Å². The largest absolute Gasteiger partial charge is 0.444 e. The Balaban J connectivity index is 4.80. The number of hydrogen-bond acceptors (Lipinski definition) is 5. The zero-order valence-corrected chi connectivity index (χ0v) is 16.6. The van der Waals surface area contributed by atoms with Crippen molar-refractivity contribution in [2.24, 2.45) is 4.99 Å². The van der Waals surface area contributed by atoms with Gasteiger partial charge in [-0.15, -0.1) is 0 Å². The number of ether oxygens (including phenoxy) is 1. The predicted octanol–water partition coefficient (Wildman–Crippen LogP) is 3.13. The van der Waals surface area contributed by atoms with Crippen LogP contribution in [0.15, 0.2) is 17.3 Å². The Hall–Kier alpha value is -1.89. The molecule has 0 saturated heterocycles. The van der Waals surface area contributed by atoms with Crippen LogP contribution < -0.4 is 10.6 Å². The van der Waals surface area contributed by atoms with Crippen molar-refractivity contribution in [1.29, 1.82) is 5.41 Å². The molecule has 0 spiro atoms. The fourth-order valence-corrected chi connectivity index (χ4v) is 2.16. The van der Waals surface area contributed by atoms with E-state index in [1.54, 1.807) is 11.9 Å². The number of nitrogens with zero attached hydrogens (tertiary/aromatic N) is 2. The fourth-order valence-electron chi connectivity index (χ4n) is 2.16. The van der Waals surface area contributed by atoms with Crippen molar-refractivity contribution in [1.82, 2.24) is 15.5 Å². The van der Waals surface area contributed by atoms with Gasteiger partial charge in [0.1, 0.15) is 11.4 Å². The number of carbonyl (C=O) groups excluding carboxylic acids is 1. The number of aliphatic imine (C=N–C) groups is 1. The van der Waals surface area contributed by atoms with Crippen LogP contribution in [0.3, 0.4) is 0 Å². The molecule has 1 unspecified atom stereocenters. The van der Waals surface area contributed by atoms with E-state index in [4.69, 9.17) is 10.1 Å². The number of allylic oxidation sites excluding steroid dienone is 1. The van der Waals surface area contributed by atoms with E-state index in [0.29, 0.717) is 19.5 Å². The van der Waals surface area contributed by atoms with Gasteiger partial charge in [0.15, 0.2) is 0 Å². The summed E-state index contributed by atoms with van der Waals surface area (Å²) >= 11 is 0. The summed E-state index contributed by atoms with van der Waals surface area (Å²) in [4.78, 5) is 18.5. The van der Waals surface area contributed by atoms with E-state index >= 15 is 0 Å². The maximum absolute atomic E-state index is 12.5. The van der Waals surface area contributed by atoms with Crippen molar-refractivity contribution < 1.29 is 9.53 Å². The maximum Gasteiger partial charge on any atom is 0.411 e. The molecule has 0 bridgehead atoms. The number of amidine groups is 1. The molecule has 1 atom stereocenters. The summed E-state index contributed by atoms with van der Waals surface area (Å²) in [5.41, 5.74) is 0.209. The van der Waals surface area contributed by atoms with Crippen LogP contribution in [0.1, 0.15) is 53.9 Å². The molecule has 3 N–H and O–H groups in total. The van der Waals surface area contributed by atoms with Gasteiger partial charge in [0, 0.05) is 31.6 Å². The van der Waals surface area contributed by atoms with Gasteiger partial charge in [-0.1, -0.05) is 13.5 Å². The predicted molar refractivity (Wildman–Crippen MR) is 104 cm³/mol. The van der Waals surface area contributed by atoms with E-state index < -0.39 is 5.60 Å². The van der Waals surface area contributed by atoms with Crippen molar-refractivity contribution >= 4 is 18.1 Å². The third kappa shape index (κ3) is 10.6. The average molecular weight is 354 g/mol. The van der Waals surface area contributed by atoms with Crippen LogP contribution in [0.4, 0.5) is 4.79 Å². The number of amides is 1. The lowest BCUT2D eigenvalue weighted by atomic mass is 10.2. The highest BCUT2D eigenvalue weighted by atomic mass is 16.6. The first-order valence-corrected chi connectivity index (χ1v) is 8.77. The Morgan fingerprint density at radius 1 is 1.44 bits per heavy atom. The summed E-state index contributed by atoms with van der Waals surface area (Å²) in [7, 11) is 1.78. The lowest BCUT2D eigenvalue weighted by molar-refractivity contribution is 0.0139. The van der Waals surface area contributed by atoms with Crippen molar-refractivity contribution in [3.63, 3.8) is 0 Å². The van der Waals surface area contributed by atoms with E-state index in [0.717, 1.165) is 24.4 Å². The van der Waals surface area contributed by atoms with Gasteiger partial charge >= 0.3 is 6.09 Å². The molecule has 0 rings (SSSR count). The molecule has 0 aromatic heterocycles. The van der Waals surface area contributed by atoms with Crippen molar-refractivity contribution in [3.8, 4) is 0 Å². The number of rotatable bonds is 10. The lowest BCUT2D eigenvalue weighted by Gasteiger charge is -2.33. The number of carbonyl (C=O) groups is 1. The summed E-state index contributed by atoms with van der Waals surface area (Å²) in [5.74, 6) is 0.890. The molecule has 0 aliphatic carbocycles. The molecule has 25 heavy (non-hydrogen) atoms. The molecule has 0 aromatic carbocycles. The molecule has 1 amide bonds. The highest BCUT2D eigenvalue weighted by Crippen LogP contribution is 2.12. The third-order valence-corrected chi connectivity index (χ3v) is 3.24. The van der Waals surface area contributed by atoms with E-state index in [1.165, 1.54) is 6.21 Å². The first kappa shape index (κ1) is 23.1. The van der Waals surface area contributed by atoms with Gasteiger partial charge in [0.05, 0.1) is 6.17 Å². The van der Waals surface area contributed by atoms with Crippen LogP contribution in [0.2, 0.25) is 0 Å². The Morgan fingerprint density at radius 3 is 2.52 bits per heavy atom. The summed E-state index contributed by atoms with van der Waals surface area (Å²) in [6.07, 6.45) is 2.63. The highest BCUT2D eigenvalue weighted by molar-refractivity contribution is 5.82. The van der Waals surface area contributed by atoms with Crippen LogP contribution >= 0.6 is 0 Å². The van der Waals surface area contributed by atoms with Gasteiger partial charge in [-0.05, 0) is 47.4 Å². The van der Waals surface area contributed by atoms with E-state index in [9.17, 15) is 4.79 Å². The second kappa shape index (κ2) is 11.6. The third-order valence-electron chi connectivity index (χ3n) is 3.24. The van der Waals surface area contributed by atoms with Gasteiger partial charge in [-0.25, -0.2) is 9.79 Å². The molecule has 0 heterocycles. The van der Waals surface area contributed by atoms with Gasteiger partial charge in [0.25, 0.3) is 0 Å². The summed E-state index contributed by atoms with van der Waals surface area (Å²) < 4.78 is 5.50. The van der Waals surface area contributed by atoms with Crippen molar-refractivity contribution in [2.45, 2.75) is 65.6 Å². The zero-order chi connectivity index (χ0) is 19.5. The second-order valence-corrected chi connectivity index (χ2v) is 6.85. The number of hydrogen-bond donors (Lipinski definition) is 3. The minimum Gasteiger partial charge on any atom is -0.444 e. The van der Waals surface area contributed by atoms with Crippen LogP contribution in [0.5, 0.6) is 0 Å². The highest BCUT2D eigenvalue weighted by Gasteiger charge is 2.26. The van der Waals surface area contributed by atoms with Crippen molar-refractivity contribution in [2.75, 3.05) is 20.1 Å². The summed E-state index contributed by atoms with van der Waals surface area (Å²) in [6, 6.07) is 0. The fraction of sp³-hybridized carbons (Fsp3) is 0.722. The first-order chi connectivity index (χ1) is 11.6. The van der Waals surface area contributed by atoms with E-state index in [-0.39, 0.29) is 12.3 Å². The molecule has 0 saturated carbocycles. The smallest absolute Gasteiger partial charge is 0.411 e. The molecule has 144 valence electrons. The minimum absolute atomic E-state index is 0.262. The molecule has 0 aliphatic rings. The molecular weight excluding hydrogens is 318 g/mol. The lowest BCUT2D eigenvalue weighted by Crippen LogP contribution is -2.50. The van der Waals surface area contributed by atoms with Crippen LogP contribution in [0, 0.1) is 5.41 Å². The van der Waals surface area contributed by atoms with Crippen LogP contribution in [-0.2, 0) is 4.74 Å². The van der Waals surface area contributed by atoms with Gasteiger partial charge in [-0.3, -0.25) is 10.2 Å². The molecule has 0 aromatic rings. The van der Waals surface area contributed by atoms with Crippen molar-refractivity contribution in [3.05, 3.63) is 12.3 Å². The average Bonchev–Trinajstić information content (AvgIpc) is 2.49. The Bertz CT molecular complexity index is 469. The Kier molecular flexibility index (Phi) is 10.7. The standard InChI is InChI=1S/C18H35N5O2/c1-8-15(22-14(2)3)21-12-9-13-23(16(20-7)10-11-19)17(24)25-18(4,5)6/h11,16,19-20H,2,8-10,12-13H2,1,3-7H3,(H,21,22). The van der Waals surface area contributed by atoms with E-state index in [2.05, 4.69) is 22.2 Å². The Morgan fingerprint density at radius 2 is 2.08 bits per heavy atom. The van der Waals surface area contributed by atoms with E-state index in [1.807, 2.05) is 34.6 Å². The molecule has 0 fully saturated rings. The quantitative estimate of drug-likeness (QED) is 0.244. The van der Waals surface area contributed by atoms with Gasteiger partial charge < -0.3 is 15.5 Å². The summed E-state index contributed by atoms with van der Waals surface area (Å²) in [6.45, 7) is 14.4. The first-order valence-electron chi connectivity index (χ1n) is 8.77. The molecule has 7 nitrogen and oxygen atoms in total. The Labute approximate surface area is 152 Å². The van der Waals surface area contributed by atoms with Crippen LogP contribution in [0.25, 0.3) is 0 Å². The van der Waals surface area contributed by atoms with Gasteiger partial charge in [0.2, 0.25) is 0 Å². The minimum atomic E-state index is -0.555. The zero-order valence-electron chi connectivity index (χ0n) is 16.6. The van der Waals surface area contributed by atoms with Crippen LogP contribution in [-0.4, -0.2) is 54.9 Å². The number of nitrogens with one attached hydrogen (secondary N) is 3. The molecular formula is C18H35N5O2. The molecule has 7 heteroatoms. The summed E-state index contributed by atoms with van der Waals surface area (Å²) in [5, 5.41) is 13.7. The second-order valence-electron chi connectivity index (χ2n) is 6.85.